The molecule has 5 nitrogen and oxygen atoms in total. The van der Waals surface area contributed by atoms with Crippen LogP contribution in [0.25, 0.3) is 0 Å². The predicted octanol–water partition coefficient (Wildman–Crippen LogP) is 3.08. The number of nitrogens with zero attached hydrogens (tertiary/aromatic N) is 1. The van der Waals surface area contributed by atoms with Crippen LogP contribution in [0.1, 0.15) is 24.8 Å². The number of carbonyl (C=O) groups is 2. The average molecular weight is 351 g/mol. The van der Waals surface area contributed by atoms with Crippen molar-refractivity contribution in [1.82, 2.24) is 4.90 Å². The Morgan fingerprint density at radius 1 is 1.00 bits per heavy atom. The molecule has 3 N–H and O–H groups in total. The monoisotopic (exact) mass is 351 g/mol. The van der Waals surface area contributed by atoms with Crippen molar-refractivity contribution in [2.45, 2.75) is 25.7 Å². The van der Waals surface area contributed by atoms with Gasteiger partial charge in [0.1, 0.15) is 0 Å². The average Bonchev–Trinajstić information content (AvgIpc) is 2.69. The van der Waals surface area contributed by atoms with Crippen molar-refractivity contribution in [3.8, 4) is 0 Å². The summed E-state index contributed by atoms with van der Waals surface area (Å²) in [4.78, 5) is 26.7. The van der Waals surface area contributed by atoms with Crippen LogP contribution in [0.4, 0.5) is 11.4 Å². The van der Waals surface area contributed by atoms with Gasteiger partial charge in [0, 0.05) is 25.4 Å². The molecule has 3 rings (SSSR count). The molecule has 5 heteroatoms. The number of rotatable bonds is 5. The molecule has 0 unspecified atom stereocenters. The summed E-state index contributed by atoms with van der Waals surface area (Å²) in [6.45, 7) is 1.27. The third-order valence-corrected chi connectivity index (χ3v) is 4.91. The number of carbonyl (C=O) groups excluding carboxylic acids is 2. The number of likely N-dealkylation sites (tertiary alicyclic amines) is 1. The number of nitrogen functional groups attached to an aromatic ring is 1. The van der Waals surface area contributed by atoms with Crippen LogP contribution in [0.5, 0.6) is 0 Å². The lowest BCUT2D eigenvalue weighted by atomic mass is 9.95. The minimum atomic E-state index is -0.0761. The Bertz CT molecular complexity index is 753. The molecule has 0 bridgehead atoms. The van der Waals surface area contributed by atoms with Crippen LogP contribution in [0.3, 0.4) is 0 Å². The Balaban J connectivity index is 1.45. The predicted molar refractivity (Wildman–Crippen MR) is 104 cm³/mol. The van der Waals surface area contributed by atoms with Crippen molar-refractivity contribution in [3.63, 3.8) is 0 Å². The largest absolute Gasteiger partial charge is 0.397 e. The zero-order chi connectivity index (χ0) is 18.4. The number of nitrogens with two attached hydrogens (primary N) is 1. The first-order valence-electron chi connectivity index (χ1n) is 9.10. The highest BCUT2D eigenvalue weighted by atomic mass is 16.2. The van der Waals surface area contributed by atoms with E-state index < -0.39 is 0 Å². The van der Waals surface area contributed by atoms with Crippen LogP contribution in [-0.4, -0.2) is 29.8 Å². The van der Waals surface area contributed by atoms with E-state index in [1.807, 2.05) is 47.4 Å². The Morgan fingerprint density at radius 3 is 2.35 bits per heavy atom. The smallest absolute Gasteiger partial charge is 0.227 e. The summed E-state index contributed by atoms with van der Waals surface area (Å²) in [5.41, 5.74) is 8.27. The van der Waals surface area contributed by atoms with Crippen molar-refractivity contribution in [1.29, 1.82) is 0 Å². The second kappa shape index (κ2) is 8.52. The molecule has 0 atom stereocenters. The molecular weight excluding hydrogens is 326 g/mol. The van der Waals surface area contributed by atoms with E-state index in [1.165, 1.54) is 5.56 Å². The van der Waals surface area contributed by atoms with E-state index in [-0.39, 0.29) is 17.7 Å². The number of aryl methyl sites for hydroxylation is 1. The summed E-state index contributed by atoms with van der Waals surface area (Å²) in [7, 11) is 0. The van der Waals surface area contributed by atoms with Gasteiger partial charge in [-0.05, 0) is 37.0 Å². The third-order valence-electron chi connectivity index (χ3n) is 4.91. The number of hydrogen-bond acceptors (Lipinski definition) is 3. The number of nitrogens with one attached hydrogen (secondary N) is 1. The van der Waals surface area contributed by atoms with Gasteiger partial charge >= 0.3 is 0 Å². The van der Waals surface area contributed by atoms with Crippen LogP contribution >= 0.6 is 0 Å². The van der Waals surface area contributed by atoms with Crippen molar-refractivity contribution >= 4 is 23.2 Å². The highest BCUT2D eigenvalue weighted by Gasteiger charge is 2.27. The number of benzene rings is 2. The van der Waals surface area contributed by atoms with Crippen LogP contribution in [0.15, 0.2) is 54.6 Å². The van der Waals surface area contributed by atoms with Gasteiger partial charge < -0.3 is 16.0 Å². The number of amides is 2. The maximum absolute atomic E-state index is 12.4. The first-order chi connectivity index (χ1) is 12.6. The summed E-state index contributed by atoms with van der Waals surface area (Å²) >= 11 is 0. The van der Waals surface area contributed by atoms with Gasteiger partial charge in [0.05, 0.1) is 11.4 Å². The van der Waals surface area contributed by atoms with E-state index in [1.54, 1.807) is 12.1 Å². The maximum atomic E-state index is 12.4. The van der Waals surface area contributed by atoms with E-state index in [4.69, 9.17) is 5.73 Å². The molecule has 136 valence electrons. The van der Waals surface area contributed by atoms with Gasteiger partial charge in [0.15, 0.2) is 0 Å². The molecule has 0 saturated carbocycles. The standard InChI is InChI=1S/C21H25N3O2/c22-18-8-4-5-9-19(18)23-21(26)17-12-14-24(15-13-17)20(25)11-10-16-6-2-1-3-7-16/h1-9,17H,10-15,22H2,(H,23,26). The minimum Gasteiger partial charge on any atom is -0.397 e. The van der Waals surface area contributed by atoms with Crippen molar-refractivity contribution < 1.29 is 9.59 Å². The fourth-order valence-corrected chi connectivity index (χ4v) is 3.29. The Labute approximate surface area is 154 Å². The molecule has 2 aromatic carbocycles. The molecule has 1 heterocycles. The second-order valence-electron chi connectivity index (χ2n) is 6.72. The Morgan fingerprint density at radius 2 is 1.65 bits per heavy atom. The topological polar surface area (TPSA) is 75.4 Å². The molecule has 2 amide bonds. The van der Waals surface area contributed by atoms with Crippen LogP contribution in [0.2, 0.25) is 0 Å². The van der Waals surface area contributed by atoms with E-state index in [2.05, 4.69) is 5.32 Å². The highest BCUT2D eigenvalue weighted by molar-refractivity contribution is 5.95. The van der Waals surface area contributed by atoms with Crippen LogP contribution in [0, 0.1) is 5.92 Å². The SMILES string of the molecule is Nc1ccccc1NC(=O)C1CCN(C(=O)CCc2ccccc2)CC1. The van der Waals surface area contributed by atoms with Crippen LogP contribution < -0.4 is 11.1 Å². The Hall–Kier alpha value is -2.82. The van der Waals surface area contributed by atoms with Gasteiger partial charge in [-0.15, -0.1) is 0 Å². The first kappa shape index (κ1) is 18.0. The zero-order valence-corrected chi connectivity index (χ0v) is 14.9. The summed E-state index contributed by atoms with van der Waals surface area (Å²) < 4.78 is 0. The van der Waals surface area contributed by atoms with E-state index >= 15 is 0 Å². The minimum absolute atomic E-state index is 0.0146. The third kappa shape index (κ3) is 4.63. The Kier molecular flexibility index (Phi) is 5.89. The van der Waals surface area contributed by atoms with E-state index in [0.29, 0.717) is 43.7 Å². The number of hydrogen-bond donors (Lipinski definition) is 2. The summed E-state index contributed by atoms with van der Waals surface area (Å²) in [6, 6.07) is 17.3. The van der Waals surface area contributed by atoms with Gasteiger partial charge in [0.25, 0.3) is 0 Å². The molecule has 1 saturated heterocycles. The molecule has 0 aliphatic carbocycles. The van der Waals surface area contributed by atoms with Gasteiger partial charge in [-0.3, -0.25) is 9.59 Å². The molecule has 0 radical (unpaired) electrons. The summed E-state index contributed by atoms with van der Waals surface area (Å²) in [5, 5.41) is 2.90. The van der Waals surface area contributed by atoms with Crippen molar-refractivity contribution in [2.75, 3.05) is 24.1 Å². The molecule has 1 aliphatic heterocycles. The van der Waals surface area contributed by atoms with Gasteiger partial charge in [0.2, 0.25) is 11.8 Å². The van der Waals surface area contributed by atoms with E-state index in [0.717, 1.165) is 6.42 Å². The molecule has 0 aromatic heterocycles. The molecule has 0 spiro atoms. The second-order valence-corrected chi connectivity index (χ2v) is 6.72. The van der Waals surface area contributed by atoms with Gasteiger partial charge in [-0.1, -0.05) is 42.5 Å². The lowest BCUT2D eigenvalue weighted by Crippen LogP contribution is -2.41. The first-order valence-corrected chi connectivity index (χ1v) is 9.10. The fraction of sp³-hybridized carbons (Fsp3) is 0.333. The van der Waals surface area contributed by atoms with E-state index in [9.17, 15) is 9.59 Å². The molecule has 26 heavy (non-hydrogen) atoms. The normalized spacial score (nSPS) is 14.8. The zero-order valence-electron chi connectivity index (χ0n) is 14.9. The van der Waals surface area contributed by atoms with Gasteiger partial charge in [-0.2, -0.15) is 0 Å². The molecule has 1 fully saturated rings. The summed E-state index contributed by atoms with van der Waals surface area (Å²) in [6.07, 6.45) is 2.65. The lowest BCUT2D eigenvalue weighted by Gasteiger charge is -2.31. The number of piperidine rings is 1. The van der Waals surface area contributed by atoms with Gasteiger partial charge in [-0.25, -0.2) is 0 Å². The lowest BCUT2D eigenvalue weighted by molar-refractivity contribution is -0.134. The number of para-hydroxylation sites is 2. The highest BCUT2D eigenvalue weighted by Crippen LogP contribution is 2.22. The molecular formula is C21H25N3O2. The van der Waals surface area contributed by atoms with Crippen LogP contribution in [-0.2, 0) is 16.0 Å². The van der Waals surface area contributed by atoms with Crippen molar-refractivity contribution in [2.24, 2.45) is 5.92 Å². The maximum Gasteiger partial charge on any atom is 0.227 e. The quantitative estimate of drug-likeness (QED) is 0.813. The summed E-state index contributed by atoms with van der Waals surface area (Å²) in [5.74, 6) is 0.0760. The molecule has 1 aliphatic rings. The fourth-order valence-electron chi connectivity index (χ4n) is 3.29. The van der Waals surface area contributed by atoms with Crippen molar-refractivity contribution in [3.05, 3.63) is 60.2 Å². The number of anilines is 2. The molecule has 2 aromatic rings.